The average Bonchev–Trinajstić information content (AvgIpc) is 3.16. The van der Waals surface area contributed by atoms with E-state index < -0.39 is 16.0 Å². The van der Waals surface area contributed by atoms with Gasteiger partial charge in [0.2, 0.25) is 10.0 Å². The van der Waals surface area contributed by atoms with Crippen molar-refractivity contribution in [1.82, 2.24) is 9.29 Å². The topological polar surface area (TPSA) is 76.6 Å². The van der Waals surface area contributed by atoms with Crippen LogP contribution in [0.25, 0.3) is 10.6 Å². The highest BCUT2D eigenvalue weighted by molar-refractivity contribution is 7.89. The van der Waals surface area contributed by atoms with Gasteiger partial charge in [-0.25, -0.2) is 13.4 Å². The van der Waals surface area contributed by atoms with Crippen molar-refractivity contribution in [2.75, 3.05) is 13.6 Å². The first-order valence-corrected chi connectivity index (χ1v) is 11.3. The molecule has 3 rings (SSSR count). The summed E-state index contributed by atoms with van der Waals surface area (Å²) in [7, 11) is -2.39. The molecule has 0 spiro atoms. The molecule has 0 saturated heterocycles. The Morgan fingerprint density at radius 1 is 1.03 bits per heavy atom. The molecule has 0 bridgehead atoms. The lowest BCUT2D eigenvalue weighted by Gasteiger charge is -2.16. The number of rotatable bonds is 7. The van der Waals surface area contributed by atoms with E-state index in [0.29, 0.717) is 5.69 Å². The van der Waals surface area contributed by atoms with Crippen LogP contribution in [-0.2, 0) is 26.2 Å². The average molecular weight is 431 g/mol. The van der Waals surface area contributed by atoms with E-state index in [0.717, 1.165) is 20.4 Å². The van der Waals surface area contributed by atoms with E-state index in [1.807, 2.05) is 43.5 Å². The fraction of sp³-hybridized carbons (Fsp3) is 0.238. The lowest BCUT2D eigenvalue weighted by Crippen LogP contribution is -2.33. The van der Waals surface area contributed by atoms with Crippen LogP contribution >= 0.6 is 11.3 Å². The molecule has 0 aliphatic heterocycles. The summed E-state index contributed by atoms with van der Waals surface area (Å²) in [5.41, 5.74) is 3.76. The molecule has 0 saturated carbocycles. The summed E-state index contributed by atoms with van der Waals surface area (Å²) in [5, 5.41) is 2.67. The van der Waals surface area contributed by atoms with E-state index in [1.54, 1.807) is 12.1 Å². The van der Waals surface area contributed by atoms with Crippen LogP contribution in [0.1, 0.15) is 16.8 Å². The number of ether oxygens (including phenoxy) is 1. The van der Waals surface area contributed by atoms with Gasteiger partial charge in [0.15, 0.2) is 0 Å². The molecule has 8 heteroatoms. The Labute approximate surface area is 174 Å². The predicted molar refractivity (Wildman–Crippen MR) is 113 cm³/mol. The number of nitrogens with zero attached hydrogens (tertiary/aromatic N) is 2. The Morgan fingerprint density at radius 2 is 1.62 bits per heavy atom. The Bertz CT molecular complexity index is 1090. The second kappa shape index (κ2) is 8.86. The minimum absolute atomic E-state index is 0.000383. The van der Waals surface area contributed by atoms with E-state index in [4.69, 9.17) is 4.74 Å². The molecule has 0 amide bonds. The van der Waals surface area contributed by atoms with Crippen molar-refractivity contribution in [3.05, 3.63) is 70.7 Å². The minimum Gasteiger partial charge on any atom is -0.458 e. The van der Waals surface area contributed by atoms with Crippen LogP contribution in [0.15, 0.2) is 58.8 Å². The van der Waals surface area contributed by atoms with Gasteiger partial charge in [-0.3, -0.25) is 4.79 Å². The zero-order valence-electron chi connectivity index (χ0n) is 16.5. The molecule has 0 N–H and O–H groups in total. The molecule has 1 heterocycles. The highest BCUT2D eigenvalue weighted by Gasteiger charge is 2.23. The number of likely N-dealkylation sites (N-methyl/N-ethyl adjacent to an activating group) is 1. The maximum Gasteiger partial charge on any atom is 0.321 e. The molecule has 0 radical (unpaired) electrons. The summed E-state index contributed by atoms with van der Waals surface area (Å²) < 4.78 is 31.3. The van der Waals surface area contributed by atoms with Crippen LogP contribution in [0.5, 0.6) is 0 Å². The van der Waals surface area contributed by atoms with Gasteiger partial charge in [-0.15, -0.1) is 11.3 Å². The molecule has 3 aromatic rings. The number of hydrogen-bond acceptors (Lipinski definition) is 6. The first-order valence-electron chi connectivity index (χ1n) is 8.96. The standard InChI is InChI=1S/C21H22N2O4S2/c1-15-4-8-17(9-5-15)21-22-18(14-28-21)13-27-20(24)12-23(3)29(25,26)19-10-6-16(2)7-11-19/h4-11,14H,12-13H2,1-3H3. The van der Waals surface area contributed by atoms with Gasteiger partial charge in [0.1, 0.15) is 18.2 Å². The van der Waals surface area contributed by atoms with Crippen molar-refractivity contribution in [2.45, 2.75) is 25.3 Å². The largest absolute Gasteiger partial charge is 0.458 e. The summed E-state index contributed by atoms with van der Waals surface area (Å²) in [6.07, 6.45) is 0. The number of aromatic nitrogens is 1. The smallest absolute Gasteiger partial charge is 0.321 e. The van der Waals surface area contributed by atoms with E-state index in [1.165, 1.54) is 36.1 Å². The fourth-order valence-electron chi connectivity index (χ4n) is 2.56. The summed E-state index contributed by atoms with van der Waals surface area (Å²) in [6.45, 7) is 3.53. The lowest BCUT2D eigenvalue weighted by molar-refractivity contribution is -0.145. The third-order valence-electron chi connectivity index (χ3n) is 4.31. The Kier molecular flexibility index (Phi) is 6.46. The predicted octanol–water partition coefficient (Wildman–Crippen LogP) is 3.79. The van der Waals surface area contributed by atoms with Crippen LogP contribution < -0.4 is 0 Å². The number of esters is 1. The van der Waals surface area contributed by atoms with Crippen molar-refractivity contribution >= 4 is 27.3 Å². The second-order valence-electron chi connectivity index (χ2n) is 6.74. The van der Waals surface area contributed by atoms with E-state index in [-0.39, 0.29) is 18.0 Å². The fourth-order valence-corrected chi connectivity index (χ4v) is 4.48. The number of carbonyl (C=O) groups is 1. The van der Waals surface area contributed by atoms with E-state index >= 15 is 0 Å². The maximum atomic E-state index is 12.5. The highest BCUT2D eigenvalue weighted by atomic mass is 32.2. The molecule has 1 aromatic heterocycles. The Morgan fingerprint density at radius 3 is 2.24 bits per heavy atom. The molecule has 152 valence electrons. The van der Waals surface area contributed by atoms with Gasteiger partial charge in [0, 0.05) is 18.0 Å². The third-order valence-corrected chi connectivity index (χ3v) is 7.07. The summed E-state index contributed by atoms with van der Waals surface area (Å²) in [4.78, 5) is 16.7. The SMILES string of the molecule is Cc1ccc(-c2nc(COC(=O)CN(C)S(=O)(=O)c3ccc(C)cc3)cs2)cc1. The monoisotopic (exact) mass is 430 g/mol. The molecule has 6 nitrogen and oxygen atoms in total. The third kappa shape index (κ3) is 5.29. The first kappa shape index (κ1) is 21.2. The number of carbonyl (C=O) groups excluding carboxylic acids is 1. The van der Waals surface area contributed by atoms with Crippen LogP contribution in [0.2, 0.25) is 0 Å². The van der Waals surface area contributed by atoms with Gasteiger partial charge in [-0.1, -0.05) is 47.5 Å². The van der Waals surface area contributed by atoms with Crippen molar-refractivity contribution in [3.8, 4) is 10.6 Å². The Balaban J connectivity index is 1.57. The summed E-state index contributed by atoms with van der Waals surface area (Å²) >= 11 is 1.47. The maximum absolute atomic E-state index is 12.5. The molecule has 0 atom stereocenters. The summed E-state index contributed by atoms with van der Waals surface area (Å²) in [6, 6.07) is 14.5. The number of hydrogen-bond donors (Lipinski definition) is 0. The molecule has 0 fully saturated rings. The van der Waals surface area contributed by atoms with Crippen molar-refractivity contribution in [3.63, 3.8) is 0 Å². The lowest BCUT2D eigenvalue weighted by atomic mass is 10.2. The van der Waals surface area contributed by atoms with Crippen molar-refractivity contribution in [1.29, 1.82) is 0 Å². The molecule has 0 unspecified atom stereocenters. The van der Waals surface area contributed by atoms with Crippen LogP contribution in [0.3, 0.4) is 0 Å². The van der Waals surface area contributed by atoms with Crippen LogP contribution in [0, 0.1) is 13.8 Å². The zero-order chi connectivity index (χ0) is 21.0. The van der Waals surface area contributed by atoms with Gasteiger partial charge in [0.25, 0.3) is 0 Å². The number of sulfonamides is 1. The number of thiazole rings is 1. The van der Waals surface area contributed by atoms with E-state index in [2.05, 4.69) is 4.98 Å². The van der Waals surface area contributed by atoms with Crippen LogP contribution in [-0.4, -0.2) is 37.3 Å². The number of benzene rings is 2. The van der Waals surface area contributed by atoms with Crippen molar-refractivity contribution < 1.29 is 17.9 Å². The van der Waals surface area contributed by atoms with E-state index in [9.17, 15) is 13.2 Å². The minimum atomic E-state index is -3.75. The van der Waals surface area contributed by atoms with Crippen LogP contribution in [0.4, 0.5) is 0 Å². The highest BCUT2D eigenvalue weighted by Crippen LogP contribution is 2.24. The second-order valence-corrected chi connectivity index (χ2v) is 9.65. The molecule has 29 heavy (non-hydrogen) atoms. The molecular weight excluding hydrogens is 408 g/mol. The van der Waals surface area contributed by atoms with Gasteiger partial charge in [0.05, 0.1) is 10.6 Å². The van der Waals surface area contributed by atoms with Gasteiger partial charge in [-0.2, -0.15) is 4.31 Å². The van der Waals surface area contributed by atoms with Gasteiger partial charge in [-0.05, 0) is 26.0 Å². The summed E-state index contributed by atoms with van der Waals surface area (Å²) in [5.74, 6) is -0.631. The normalized spacial score (nSPS) is 11.6. The molecule has 2 aromatic carbocycles. The van der Waals surface area contributed by atoms with Gasteiger partial charge < -0.3 is 4.74 Å². The first-order chi connectivity index (χ1) is 13.8. The molecular formula is C21H22N2O4S2. The Hall–Kier alpha value is -2.55. The van der Waals surface area contributed by atoms with Gasteiger partial charge >= 0.3 is 5.97 Å². The molecule has 0 aliphatic rings. The molecule has 0 aliphatic carbocycles. The zero-order valence-corrected chi connectivity index (χ0v) is 18.1. The van der Waals surface area contributed by atoms with Crippen molar-refractivity contribution in [2.24, 2.45) is 0 Å². The number of aryl methyl sites for hydroxylation is 2. The quantitative estimate of drug-likeness (QED) is 0.533.